The second kappa shape index (κ2) is 5.36. The molecule has 2 aromatic rings. The zero-order valence-electron chi connectivity index (χ0n) is 10.9. The van der Waals surface area contributed by atoms with Gasteiger partial charge in [-0.1, -0.05) is 17.9 Å². The van der Waals surface area contributed by atoms with Gasteiger partial charge in [0.15, 0.2) is 0 Å². The Kier molecular flexibility index (Phi) is 3.63. The SMILES string of the molecule is Cc1cncc(C#Cc2cc(C(N)=O)ccc2C)c1. The van der Waals surface area contributed by atoms with Gasteiger partial charge in [-0.2, -0.15) is 0 Å². The first kappa shape index (κ1) is 12.8. The molecule has 2 rings (SSSR count). The molecule has 0 aliphatic heterocycles. The smallest absolute Gasteiger partial charge is 0.248 e. The van der Waals surface area contributed by atoms with Crippen LogP contribution in [0.25, 0.3) is 0 Å². The van der Waals surface area contributed by atoms with Gasteiger partial charge in [0.1, 0.15) is 0 Å². The van der Waals surface area contributed by atoms with Gasteiger partial charge in [-0.25, -0.2) is 0 Å². The summed E-state index contributed by atoms with van der Waals surface area (Å²) in [7, 11) is 0. The van der Waals surface area contributed by atoms with Crippen molar-refractivity contribution in [2.75, 3.05) is 0 Å². The van der Waals surface area contributed by atoms with E-state index >= 15 is 0 Å². The quantitative estimate of drug-likeness (QED) is 0.789. The molecule has 94 valence electrons. The highest BCUT2D eigenvalue weighted by molar-refractivity contribution is 5.93. The lowest BCUT2D eigenvalue weighted by molar-refractivity contribution is 0.100. The number of nitrogens with two attached hydrogens (primary N) is 1. The first-order valence-corrected chi connectivity index (χ1v) is 5.90. The van der Waals surface area contributed by atoms with Crippen LogP contribution in [0.4, 0.5) is 0 Å². The van der Waals surface area contributed by atoms with Crippen LogP contribution < -0.4 is 5.73 Å². The molecule has 0 saturated heterocycles. The highest BCUT2D eigenvalue weighted by Gasteiger charge is 2.02. The van der Waals surface area contributed by atoms with Gasteiger partial charge in [0, 0.05) is 29.1 Å². The van der Waals surface area contributed by atoms with Crippen molar-refractivity contribution in [2.24, 2.45) is 5.73 Å². The lowest BCUT2D eigenvalue weighted by Crippen LogP contribution is -2.11. The van der Waals surface area contributed by atoms with Crippen molar-refractivity contribution in [1.29, 1.82) is 0 Å². The summed E-state index contributed by atoms with van der Waals surface area (Å²) in [6, 6.07) is 7.23. The average molecular weight is 250 g/mol. The molecule has 0 unspecified atom stereocenters. The Morgan fingerprint density at radius 2 is 1.95 bits per heavy atom. The molecule has 0 aliphatic rings. The fourth-order valence-corrected chi connectivity index (χ4v) is 1.67. The summed E-state index contributed by atoms with van der Waals surface area (Å²) in [5.74, 6) is 5.65. The van der Waals surface area contributed by atoms with Crippen molar-refractivity contribution in [3.63, 3.8) is 0 Å². The molecule has 1 amide bonds. The van der Waals surface area contributed by atoms with E-state index in [1.54, 1.807) is 24.5 Å². The van der Waals surface area contributed by atoms with E-state index in [0.29, 0.717) is 5.56 Å². The maximum Gasteiger partial charge on any atom is 0.248 e. The van der Waals surface area contributed by atoms with Crippen molar-refractivity contribution in [3.05, 3.63) is 64.5 Å². The number of benzene rings is 1. The van der Waals surface area contributed by atoms with E-state index in [-0.39, 0.29) is 0 Å². The summed E-state index contributed by atoms with van der Waals surface area (Å²) >= 11 is 0. The maximum atomic E-state index is 11.1. The summed E-state index contributed by atoms with van der Waals surface area (Å²) in [5, 5.41) is 0. The monoisotopic (exact) mass is 250 g/mol. The first-order chi connectivity index (χ1) is 9.06. The van der Waals surface area contributed by atoms with Crippen LogP contribution >= 0.6 is 0 Å². The van der Waals surface area contributed by atoms with Crippen LogP contribution in [0.5, 0.6) is 0 Å². The fourth-order valence-electron chi connectivity index (χ4n) is 1.67. The number of carbonyl (C=O) groups excluding carboxylic acids is 1. The van der Waals surface area contributed by atoms with Gasteiger partial charge >= 0.3 is 0 Å². The van der Waals surface area contributed by atoms with E-state index in [2.05, 4.69) is 16.8 Å². The first-order valence-electron chi connectivity index (χ1n) is 5.90. The summed E-state index contributed by atoms with van der Waals surface area (Å²) in [4.78, 5) is 15.2. The second-order valence-electron chi connectivity index (χ2n) is 4.39. The summed E-state index contributed by atoms with van der Waals surface area (Å²) in [6.45, 7) is 3.92. The standard InChI is InChI=1S/C16H14N2O/c1-11-7-13(10-18-9-11)4-6-14-8-15(16(17)19)5-3-12(14)2/h3,5,7-10H,1-2H3,(H2,17,19). The van der Waals surface area contributed by atoms with Crippen LogP contribution in [0.1, 0.15) is 32.6 Å². The Labute approximate surface area is 112 Å². The number of carbonyl (C=O) groups is 1. The Morgan fingerprint density at radius 3 is 2.63 bits per heavy atom. The topological polar surface area (TPSA) is 56.0 Å². The molecule has 2 N–H and O–H groups in total. The van der Waals surface area contributed by atoms with Crippen molar-refractivity contribution in [2.45, 2.75) is 13.8 Å². The number of aromatic nitrogens is 1. The lowest BCUT2D eigenvalue weighted by atomic mass is 10.0. The number of hydrogen-bond donors (Lipinski definition) is 1. The molecule has 0 atom stereocenters. The summed E-state index contributed by atoms with van der Waals surface area (Å²) in [5.41, 5.74) is 9.46. The van der Waals surface area contributed by atoms with Gasteiger partial charge in [-0.15, -0.1) is 0 Å². The van der Waals surface area contributed by atoms with Crippen molar-refractivity contribution in [1.82, 2.24) is 4.98 Å². The van der Waals surface area contributed by atoms with Gasteiger partial charge in [0.05, 0.1) is 0 Å². The van der Waals surface area contributed by atoms with E-state index < -0.39 is 5.91 Å². The van der Waals surface area contributed by atoms with Crippen LogP contribution in [-0.2, 0) is 0 Å². The van der Waals surface area contributed by atoms with Crippen molar-refractivity contribution < 1.29 is 4.79 Å². The third-order valence-electron chi connectivity index (χ3n) is 2.74. The molecule has 0 fully saturated rings. The van der Waals surface area contributed by atoms with E-state index in [1.165, 1.54) is 0 Å². The minimum Gasteiger partial charge on any atom is -0.366 e. The minimum atomic E-state index is -0.444. The van der Waals surface area contributed by atoms with Gasteiger partial charge in [0.25, 0.3) is 0 Å². The van der Waals surface area contributed by atoms with E-state index in [9.17, 15) is 4.79 Å². The van der Waals surface area contributed by atoms with E-state index in [1.807, 2.05) is 26.0 Å². The van der Waals surface area contributed by atoms with Crippen molar-refractivity contribution >= 4 is 5.91 Å². The average Bonchev–Trinajstić information content (AvgIpc) is 2.37. The third-order valence-corrected chi connectivity index (χ3v) is 2.74. The largest absolute Gasteiger partial charge is 0.366 e. The molecule has 1 heterocycles. The molecule has 19 heavy (non-hydrogen) atoms. The highest BCUT2D eigenvalue weighted by atomic mass is 16.1. The number of pyridine rings is 1. The molecule has 0 radical (unpaired) electrons. The molecule has 1 aromatic carbocycles. The van der Waals surface area contributed by atoms with Gasteiger partial charge < -0.3 is 5.73 Å². The van der Waals surface area contributed by atoms with E-state index in [0.717, 1.165) is 22.3 Å². The normalized spacial score (nSPS) is 9.58. The predicted octanol–water partition coefficient (Wildman–Crippen LogP) is 2.20. The molecular weight excluding hydrogens is 236 g/mol. The number of aryl methyl sites for hydroxylation is 2. The number of primary amides is 1. The number of hydrogen-bond acceptors (Lipinski definition) is 2. The molecular formula is C16H14N2O. The van der Waals surface area contributed by atoms with Crippen LogP contribution in [-0.4, -0.2) is 10.9 Å². The van der Waals surface area contributed by atoms with Crippen LogP contribution in [0, 0.1) is 25.7 Å². The lowest BCUT2D eigenvalue weighted by Gasteiger charge is -2.00. The molecule has 3 nitrogen and oxygen atoms in total. The Hall–Kier alpha value is -2.60. The van der Waals surface area contributed by atoms with Gasteiger partial charge in [0.2, 0.25) is 5.91 Å². The van der Waals surface area contributed by atoms with Crippen LogP contribution in [0.2, 0.25) is 0 Å². The molecule has 0 spiro atoms. The van der Waals surface area contributed by atoms with Crippen molar-refractivity contribution in [3.8, 4) is 11.8 Å². The summed E-state index contributed by atoms with van der Waals surface area (Å²) < 4.78 is 0. The molecule has 0 bridgehead atoms. The zero-order chi connectivity index (χ0) is 13.8. The maximum absolute atomic E-state index is 11.1. The molecule has 0 aliphatic carbocycles. The second-order valence-corrected chi connectivity index (χ2v) is 4.39. The fraction of sp³-hybridized carbons (Fsp3) is 0.125. The number of rotatable bonds is 1. The number of amides is 1. The molecule has 0 saturated carbocycles. The highest BCUT2D eigenvalue weighted by Crippen LogP contribution is 2.10. The van der Waals surface area contributed by atoms with Crippen LogP contribution in [0.15, 0.2) is 36.7 Å². The number of nitrogens with zero attached hydrogens (tertiary/aromatic N) is 1. The molecule has 1 aromatic heterocycles. The predicted molar refractivity (Wildman–Crippen MR) is 74.7 cm³/mol. The van der Waals surface area contributed by atoms with Gasteiger partial charge in [-0.05, 0) is 43.2 Å². The van der Waals surface area contributed by atoms with E-state index in [4.69, 9.17) is 5.73 Å². The third kappa shape index (κ3) is 3.20. The Bertz CT molecular complexity index is 693. The van der Waals surface area contributed by atoms with Gasteiger partial charge in [-0.3, -0.25) is 9.78 Å². The Balaban J connectivity index is 2.39. The Morgan fingerprint density at radius 1 is 1.16 bits per heavy atom. The summed E-state index contributed by atoms with van der Waals surface area (Å²) in [6.07, 6.45) is 3.50. The van der Waals surface area contributed by atoms with Crippen LogP contribution in [0.3, 0.4) is 0 Å². The zero-order valence-corrected chi connectivity index (χ0v) is 10.9. The minimum absolute atomic E-state index is 0.444. The molecule has 3 heteroatoms.